The summed E-state index contributed by atoms with van der Waals surface area (Å²) >= 11 is 3.34. The van der Waals surface area contributed by atoms with Crippen LogP contribution in [0.2, 0.25) is 0 Å². The van der Waals surface area contributed by atoms with Crippen LogP contribution in [-0.4, -0.2) is 10.9 Å². The van der Waals surface area contributed by atoms with Crippen molar-refractivity contribution in [2.45, 2.75) is 13.3 Å². The highest BCUT2D eigenvalue weighted by Crippen LogP contribution is 2.22. The summed E-state index contributed by atoms with van der Waals surface area (Å²) < 4.78 is 6.04. The fraction of sp³-hybridized carbons (Fsp3) is 0.200. The lowest BCUT2D eigenvalue weighted by Gasteiger charge is -1.91. The van der Waals surface area contributed by atoms with Gasteiger partial charge in [-0.25, -0.2) is 0 Å². The molecule has 0 aliphatic rings. The van der Waals surface area contributed by atoms with Crippen molar-refractivity contribution in [2.75, 3.05) is 0 Å². The predicted molar refractivity (Wildman–Crippen MR) is 56.1 cm³/mol. The highest BCUT2D eigenvalue weighted by Gasteiger charge is 2.09. The molecule has 0 spiro atoms. The summed E-state index contributed by atoms with van der Waals surface area (Å²) in [6, 6.07) is 5.67. The summed E-state index contributed by atoms with van der Waals surface area (Å²) in [4.78, 5) is 10.9. The minimum Gasteiger partial charge on any atom is -0.360 e. The van der Waals surface area contributed by atoms with E-state index in [0.29, 0.717) is 12.2 Å². The summed E-state index contributed by atoms with van der Waals surface area (Å²) in [6.45, 7) is 1.53. The van der Waals surface area contributed by atoms with Crippen molar-refractivity contribution in [3.63, 3.8) is 0 Å². The zero-order chi connectivity index (χ0) is 10.1. The van der Waals surface area contributed by atoms with Crippen LogP contribution in [0.1, 0.15) is 12.7 Å². The zero-order valence-electron chi connectivity index (χ0n) is 7.58. The lowest BCUT2D eigenvalue weighted by molar-refractivity contribution is -0.116. The first-order valence-electron chi connectivity index (χ1n) is 4.20. The molecule has 1 aromatic carbocycles. The Kier molecular flexibility index (Phi) is 2.37. The van der Waals surface area contributed by atoms with Gasteiger partial charge in [-0.15, -0.1) is 0 Å². The predicted octanol–water partition coefficient (Wildman–Crippen LogP) is 2.72. The zero-order valence-corrected chi connectivity index (χ0v) is 9.17. The van der Waals surface area contributed by atoms with Crippen LogP contribution in [0.4, 0.5) is 0 Å². The third-order valence-corrected chi connectivity index (χ3v) is 2.42. The molecule has 0 unspecified atom stereocenters. The molecule has 0 N–H and O–H groups in total. The summed E-state index contributed by atoms with van der Waals surface area (Å²) in [5, 5.41) is 4.78. The van der Waals surface area contributed by atoms with Gasteiger partial charge < -0.3 is 4.52 Å². The number of Topliss-reactive ketones (excluding diaryl/α,β-unsaturated/α-hetero) is 1. The standard InChI is InChI=1S/C10H8BrNO2/c1-6(13)4-10-8-3-2-7(11)5-9(8)12-14-10/h2-3,5H,4H2,1H3. The van der Waals surface area contributed by atoms with Crippen LogP contribution in [-0.2, 0) is 11.2 Å². The number of aromatic nitrogens is 1. The molecule has 0 amide bonds. The lowest BCUT2D eigenvalue weighted by Crippen LogP contribution is -1.94. The molecule has 1 heterocycles. The SMILES string of the molecule is CC(=O)Cc1onc2cc(Br)ccc12. The van der Waals surface area contributed by atoms with Crippen molar-refractivity contribution >= 4 is 32.6 Å². The van der Waals surface area contributed by atoms with Crippen LogP contribution < -0.4 is 0 Å². The second-order valence-electron chi connectivity index (χ2n) is 3.15. The van der Waals surface area contributed by atoms with Crippen LogP contribution in [0.5, 0.6) is 0 Å². The maximum Gasteiger partial charge on any atom is 0.151 e. The fourth-order valence-electron chi connectivity index (χ4n) is 1.32. The second kappa shape index (κ2) is 3.53. The third-order valence-electron chi connectivity index (χ3n) is 1.92. The number of benzene rings is 1. The lowest BCUT2D eigenvalue weighted by atomic mass is 10.1. The molecule has 1 aromatic heterocycles. The molecule has 0 bridgehead atoms. The minimum absolute atomic E-state index is 0.0750. The van der Waals surface area contributed by atoms with E-state index in [4.69, 9.17) is 4.52 Å². The Labute approximate surface area is 89.2 Å². The van der Waals surface area contributed by atoms with Gasteiger partial charge in [0.2, 0.25) is 0 Å². The maximum atomic E-state index is 10.9. The highest BCUT2D eigenvalue weighted by atomic mass is 79.9. The topological polar surface area (TPSA) is 43.1 Å². The number of rotatable bonds is 2. The Morgan fingerprint density at radius 1 is 1.57 bits per heavy atom. The minimum atomic E-state index is 0.0750. The molecule has 3 nitrogen and oxygen atoms in total. The van der Waals surface area contributed by atoms with Gasteiger partial charge in [0.25, 0.3) is 0 Å². The largest absolute Gasteiger partial charge is 0.360 e. The normalized spacial score (nSPS) is 10.7. The molecule has 2 aromatic rings. The molecule has 0 radical (unpaired) electrons. The van der Waals surface area contributed by atoms with E-state index in [1.165, 1.54) is 6.92 Å². The Hall–Kier alpha value is -1.16. The van der Waals surface area contributed by atoms with Crippen LogP contribution in [0.25, 0.3) is 10.9 Å². The van der Waals surface area contributed by atoms with E-state index < -0.39 is 0 Å². The molecule has 4 heteroatoms. The summed E-state index contributed by atoms with van der Waals surface area (Å²) in [6.07, 6.45) is 0.304. The van der Waals surface area contributed by atoms with Crippen molar-refractivity contribution in [3.05, 3.63) is 28.4 Å². The Morgan fingerprint density at radius 3 is 3.07 bits per heavy atom. The highest BCUT2D eigenvalue weighted by molar-refractivity contribution is 9.10. The maximum absolute atomic E-state index is 10.9. The first kappa shape index (κ1) is 9.40. The van der Waals surface area contributed by atoms with Crippen LogP contribution in [0, 0.1) is 0 Å². The fourth-order valence-corrected chi connectivity index (χ4v) is 1.67. The molecule has 0 atom stereocenters. The van der Waals surface area contributed by atoms with Gasteiger partial charge in [0.05, 0.1) is 6.42 Å². The van der Waals surface area contributed by atoms with Gasteiger partial charge in [-0.2, -0.15) is 0 Å². The number of nitrogens with zero attached hydrogens (tertiary/aromatic N) is 1. The van der Waals surface area contributed by atoms with Crippen molar-refractivity contribution in [3.8, 4) is 0 Å². The van der Waals surface area contributed by atoms with E-state index in [1.807, 2.05) is 18.2 Å². The van der Waals surface area contributed by atoms with Crippen LogP contribution in [0.15, 0.2) is 27.2 Å². The number of halogens is 1. The average molecular weight is 254 g/mol. The number of fused-ring (bicyclic) bond motifs is 1. The summed E-state index contributed by atoms with van der Waals surface area (Å²) in [5.74, 6) is 0.714. The van der Waals surface area contributed by atoms with Gasteiger partial charge in [0.1, 0.15) is 11.3 Å². The van der Waals surface area contributed by atoms with E-state index in [0.717, 1.165) is 15.4 Å². The summed E-state index contributed by atoms with van der Waals surface area (Å²) in [5.41, 5.74) is 0.774. The third kappa shape index (κ3) is 1.70. The smallest absolute Gasteiger partial charge is 0.151 e. The van der Waals surface area contributed by atoms with E-state index >= 15 is 0 Å². The van der Waals surface area contributed by atoms with E-state index in [-0.39, 0.29) is 5.78 Å². The molecule has 0 saturated carbocycles. The van der Waals surface area contributed by atoms with Crippen molar-refractivity contribution in [1.82, 2.24) is 5.16 Å². The van der Waals surface area contributed by atoms with Crippen molar-refractivity contribution in [2.24, 2.45) is 0 Å². The monoisotopic (exact) mass is 253 g/mol. The number of carbonyl (C=O) groups is 1. The van der Waals surface area contributed by atoms with Gasteiger partial charge in [0, 0.05) is 9.86 Å². The van der Waals surface area contributed by atoms with E-state index in [1.54, 1.807) is 0 Å². The Bertz CT molecular complexity index is 490. The first-order chi connectivity index (χ1) is 6.66. The average Bonchev–Trinajstić information content (AvgIpc) is 2.47. The molecule has 14 heavy (non-hydrogen) atoms. The Morgan fingerprint density at radius 2 is 2.36 bits per heavy atom. The second-order valence-corrected chi connectivity index (χ2v) is 4.06. The Balaban J connectivity index is 2.52. The molecule has 0 aliphatic carbocycles. The van der Waals surface area contributed by atoms with Gasteiger partial charge in [0.15, 0.2) is 5.76 Å². The summed E-state index contributed by atoms with van der Waals surface area (Å²) in [7, 11) is 0. The van der Waals surface area contributed by atoms with Crippen molar-refractivity contribution < 1.29 is 9.32 Å². The van der Waals surface area contributed by atoms with Gasteiger partial charge in [-0.05, 0) is 25.1 Å². The molecule has 0 aliphatic heterocycles. The number of ketones is 1. The molecule has 0 saturated heterocycles. The van der Waals surface area contributed by atoms with Crippen LogP contribution in [0.3, 0.4) is 0 Å². The van der Waals surface area contributed by atoms with E-state index in [9.17, 15) is 4.79 Å². The molecule has 0 fully saturated rings. The number of hydrogen-bond donors (Lipinski definition) is 0. The van der Waals surface area contributed by atoms with Gasteiger partial charge in [-0.3, -0.25) is 4.79 Å². The molecule has 72 valence electrons. The molecular formula is C10H8BrNO2. The molecular weight excluding hydrogens is 246 g/mol. The van der Waals surface area contributed by atoms with Crippen molar-refractivity contribution in [1.29, 1.82) is 0 Å². The quantitative estimate of drug-likeness (QED) is 0.827. The number of carbonyl (C=O) groups excluding carboxylic acids is 1. The number of hydrogen-bond acceptors (Lipinski definition) is 3. The van der Waals surface area contributed by atoms with Crippen LogP contribution >= 0.6 is 15.9 Å². The molecule has 2 rings (SSSR count). The first-order valence-corrected chi connectivity index (χ1v) is 4.99. The van der Waals surface area contributed by atoms with E-state index in [2.05, 4.69) is 21.1 Å². The van der Waals surface area contributed by atoms with Gasteiger partial charge >= 0.3 is 0 Å². The van der Waals surface area contributed by atoms with Gasteiger partial charge in [-0.1, -0.05) is 21.1 Å².